The Hall–Kier alpha value is -0.870. The molecule has 0 aromatic carbocycles. The van der Waals surface area contributed by atoms with Crippen molar-refractivity contribution in [2.24, 2.45) is 7.05 Å². The number of aliphatic hydroxyl groups excluding tert-OH is 1. The predicted octanol–water partition coefficient (Wildman–Crippen LogP) is 1.44. The molecule has 1 N–H and O–H groups in total. The lowest BCUT2D eigenvalue weighted by atomic mass is 9.87. The van der Waals surface area contributed by atoms with Gasteiger partial charge in [-0.05, 0) is 46.3 Å². The van der Waals surface area contributed by atoms with E-state index in [0.29, 0.717) is 0 Å². The number of aromatic nitrogens is 2. The smallest absolute Gasteiger partial charge is 0.0724 e. The fourth-order valence-corrected chi connectivity index (χ4v) is 2.09. The number of hydrogen-bond donors (Lipinski definition) is 1. The van der Waals surface area contributed by atoms with Gasteiger partial charge >= 0.3 is 0 Å². The van der Waals surface area contributed by atoms with Gasteiger partial charge in [-0.3, -0.25) is 4.68 Å². The summed E-state index contributed by atoms with van der Waals surface area (Å²) in [5.41, 5.74) is 1.01. The summed E-state index contributed by atoms with van der Waals surface area (Å²) >= 11 is 0. The molecular formula is C13H25N3O. The molecule has 17 heavy (non-hydrogen) atoms. The van der Waals surface area contributed by atoms with E-state index in [0.717, 1.165) is 19.3 Å². The average molecular weight is 239 g/mol. The van der Waals surface area contributed by atoms with Crippen LogP contribution in [0.25, 0.3) is 0 Å². The third-order valence-corrected chi connectivity index (χ3v) is 4.05. The zero-order valence-electron chi connectivity index (χ0n) is 11.6. The van der Waals surface area contributed by atoms with Crippen LogP contribution in [0.4, 0.5) is 0 Å². The molecule has 0 saturated carbocycles. The van der Waals surface area contributed by atoms with E-state index in [9.17, 15) is 5.11 Å². The van der Waals surface area contributed by atoms with Gasteiger partial charge in [-0.15, -0.1) is 0 Å². The van der Waals surface area contributed by atoms with Crippen LogP contribution in [0, 0.1) is 0 Å². The maximum Gasteiger partial charge on any atom is 0.0724 e. The maximum absolute atomic E-state index is 10.4. The highest BCUT2D eigenvalue weighted by atomic mass is 16.3. The van der Waals surface area contributed by atoms with Gasteiger partial charge in [-0.1, -0.05) is 6.92 Å². The molecule has 0 bridgehead atoms. The van der Waals surface area contributed by atoms with Gasteiger partial charge < -0.3 is 10.0 Å². The average Bonchev–Trinajstić information content (AvgIpc) is 2.70. The van der Waals surface area contributed by atoms with Crippen LogP contribution in [-0.4, -0.2) is 45.5 Å². The summed E-state index contributed by atoms with van der Waals surface area (Å²) in [6.45, 7) is 4.23. The predicted molar refractivity (Wildman–Crippen MR) is 69.9 cm³/mol. The Bertz CT molecular complexity index is 348. The van der Waals surface area contributed by atoms with Crippen LogP contribution < -0.4 is 0 Å². The van der Waals surface area contributed by atoms with Crippen molar-refractivity contribution >= 4 is 0 Å². The molecule has 0 spiro atoms. The first kappa shape index (κ1) is 14.2. The second-order valence-electron chi connectivity index (χ2n) is 5.11. The van der Waals surface area contributed by atoms with Gasteiger partial charge in [0.2, 0.25) is 0 Å². The summed E-state index contributed by atoms with van der Waals surface area (Å²) in [6, 6.07) is 2.01. The Labute approximate surface area is 104 Å². The highest BCUT2D eigenvalue weighted by Gasteiger charge is 2.33. The first-order valence-corrected chi connectivity index (χ1v) is 6.24. The van der Waals surface area contributed by atoms with Crippen molar-refractivity contribution < 1.29 is 5.11 Å². The lowest BCUT2D eigenvalue weighted by Gasteiger charge is -2.40. The molecule has 0 radical (unpaired) electrons. The molecule has 1 rings (SSSR count). The fourth-order valence-electron chi connectivity index (χ4n) is 2.09. The van der Waals surface area contributed by atoms with Crippen molar-refractivity contribution in [2.45, 2.75) is 44.8 Å². The Balaban J connectivity index is 2.60. The van der Waals surface area contributed by atoms with E-state index in [4.69, 9.17) is 0 Å². The van der Waals surface area contributed by atoms with Crippen molar-refractivity contribution in [3.8, 4) is 0 Å². The summed E-state index contributed by atoms with van der Waals surface area (Å²) in [4.78, 5) is 2.11. The molecule has 98 valence electrons. The van der Waals surface area contributed by atoms with Crippen LogP contribution in [0.1, 0.15) is 32.4 Å². The van der Waals surface area contributed by atoms with Crippen molar-refractivity contribution in [2.75, 3.05) is 14.1 Å². The molecule has 4 nitrogen and oxygen atoms in total. The summed E-state index contributed by atoms with van der Waals surface area (Å²) < 4.78 is 1.87. The van der Waals surface area contributed by atoms with Crippen LogP contribution in [0.3, 0.4) is 0 Å². The SMILES string of the molecule is CCC(C)(C(O)CCc1ccnn1C)N(C)C. The van der Waals surface area contributed by atoms with E-state index in [1.165, 1.54) is 5.69 Å². The monoisotopic (exact) mass is 239 g/mol. The van der Waals surface area contributed by atoms with E-state index in [2.05, 4.69) is 23.8 Å². The maximum atomic E-state index is 10.4. The number of rotatable bonds is 6. The van der Waals surface area contributed by atoms with E-state index >= 15 is 0 Å². The lowest BCUT2D eigenvalue weighted by molar-refractivity contribution is -0.00239. The molecule has 4 heteroatoms. The molecule has 1 aromatic rings. The van der Waals surface area contributed by atoms with E-state index in [1.54, 1.807) is 6.20 Å². The summed E-state index contributed by atoms with van der Waals surface area (Å²) in [5, 5.41) is 14.5. The summed E-state index contributed by atoms with van der Waals surface area (Å²) in [5.74, 6) is 0. The van der Waals surface area contributed by atoms with E-state index in [-0.39, 0.29) is 11.6 Å². The van der Waals surface area contributed by atoms with E-state index in [1.807, 2.05) is 31.9 Å². The van der Waals surface area contributed by atoms with Crippen LogP contribution in [-0.2, 0) is 13.5 Å². The van der Waals surface area contributed by atoms with Crippen molar-refractivity contribution in [3.63, 3.8) is 0 Å². The third kappa shape index (κ3) is 3.07. The molecule has 0 aliphatic rings. The molecule has 0 aliphatic heterocycles. The van der Waals surface area contributed by atoms with Gasteiger partial charge in [-0.2, -0.15) is 5.10 Å². The van der Waals surface area contributed by atoms with E-state index < -0.39 is 0 Å². The second kappa shape index (κ2) is 5.65. The molecule has 2 atom stereocenters. The minimum absolute atomic E-state index is 0.154. The number of aryl methyl sites for hydroxylation is 2. The minimum atomic E-state index is -0.322. The first-order chi connectivity index (χ1) is 7.91. The second-order valence-corrected chi connectivity index (χ2v) is 5.11. The topological polar surface area (TPSA) is 41.3 Å². The molecule has 0 fully saturated rings. The fraction of sp³-hybridized carbons (Fsp3) is 0.769. The Kier molecular flexibility index (Phi) is 4.71. The van der Waals surface area contributed by atoms with Gasteiger partial charge in [0.1, 0.15) is 0 Å². The molecule has 0 amide bonds. The van der Waals surface area contributed by atoms with Crippen molar-refractivity contribution in [1.29, 1.82) is 0 Å². The van der Waals surface area contributed by atoms with Crippen LogP contribution >= 0.6 is 0 Å². The number of hydrogen-bond acceptors (Lipinski definition) is 3. The largest absolute Gasteiger partial charge is 0.391 e. The molecule has 0 saturated heterocycles. The molecule has 1 aromatic heterocycles. The quantitative estimate of drug-likeness (QED) is 0.817. The molecule has 2 unspecified atom stereocenters. The number of aliphatic hydroxyl groups is 1. The van der Waals surface area contributed by atoms with Gasteiger partial charge in [-0.25, -0.2) is 0 Å². The number of likely N-dealkylation sites (N-methyl/N-ethyl adjacent to an activating group) is 1. The Morgan fingerprint density at radius 2 is 2.18 bits per heavy atom. The minimum Gasteiger partial charge on any atom is -0.391 e. The van der Waals surface area contributed by atoms with Gasteiger partial charge in [0, 0.05) is 24.5 Å². The lowest BCUT2D eigenvalue weighted by Crippen LogP contribution is -2.50. The standard InChI is InChI=1S/C13H25N3O/c1-6-13(2,15(3)4)12(17)8-7-11-9-10-14-16(11)5/h9-10,12,17H,6-8H2,1-5H3. The number of nitrogens with zero attached hydrogens (tertiary/aromatic N) is 3. The summed E-state index contributed by atoms with van der Waals surface area (Å²) in [6.07, 6.45) is 4.04. The Morgan fingerprint density at radius 3 is 2.59 bits per heavy atom. The van der Waals surface area contributed by atoms with Gasteiger partial charge in [0.05, 0.1) is 6.10 Å². The highest BCUT2D eigenvalue weighted by Crippen LogP contribution is 2.24. The normalized spacial score (nSPS) is 17.1. The van der Waals surface area contributed by atoms with Gasteiger partial charge in [0.25, 0.3) is 0 Å². The Morgan fingerprint density at radius 1 is 1.53 bits per heavy atom. The van der Waals surface area contributed by atoms with Crippen molar-refractivity contribution in [1.82, 2.24) is 14.7 Å². The highest BCUT2D eigenvalue weighted by molar-refractivity contribution is 5.01. The molecular weight excluding hydrogens is 214 g/mol. The van der Waals surface area contributed by atoms with Gasteiger partial charge in [0.15, 0.2) is 0 Å². The van der Waals surface area contributed by atoms with Crippen LogP contribution in [0.5, 0.6) is 0 Å². The third-order valence-electron chi connectivity index (χ3n) is 4.05. The summed E-state index contributed by atoms with van der Waals surface area (Å²) in [7, 11) is 5.99. The van der Waals surface area contributed by atoms with Crippen molar-refractivity contribution in [3.05, 3.63) is 18.0 Å². The zero-order valence-corrected chi connectivity index (χ0v) is 11.6. The van der Waals surface area contributed by atoms with Crippen LogP contribution in [0.2, 0.25) is 0 Å². The molecule has 0 aliphatic carbocycles. The first-order valence-electron chi connectivity index (χ1n) is 6.24. The van der Waals surface area contributed by atoms with Crippen LogP contribution in [0.15, 0.2) is 12.3 Å². The zero-order chi connectivity index (χ0) is 13.1. The molecule has 1 heterocycles.